The van der Waals surface area contributed by atoms with Crippen LogP contribution in [0.25, 0.3) is 44.4 Å². The molecule has 0 bridgehead atoms. The van der Waals surface area contributed by atoms with Gasteiger partial charge in [-0.3, -0.25) is 4.98 Å². The van der Waals surface area contributed by atoms with Crippen LogP contribution in [0, 0.1) is 0 Å². The third-order valence-electron chi connectivity index (χ3n) is 10.1. The number of hydrogen-bond acceptors (Lipinski definition) is 3. The Morgan fingerprint density at radius 2 is 1.51 bits per heavy atom. The standard InChI is InChI=1S/C42H32FN3O/c1-42(2)32-19-18-26(40(43)25-11-10-12-27(21-25)41-45-34-14-5-6-16-36(34)46(41)3)22-30(32)39(35-15-8-9-20-44-35)31-23-29-28-13-4-7-17-37(28)47-38(29)24-33(31)42/h4-24,39-40H,1-3H3. The minimum Gasteiger partial charge on any atom is -0.456 e. The molecule has 9 rings (SSSR count). The van der Waals surface area contributed by atoms with Crippen LogP contribution in [0.5, 0.6) is 0 Å². The molecular weight excluding hydrogens is 581 g/mol. The Kier molecular flexibility index (Phi) is 6.04. The van der Waals surface area contributed by atoms with Gasteiger partial charge in [-0.05, 0) is 81.9 Å². The molecule has 5 heteroatoms. The number of aromatic nitrogens is 3. The van der Waals surface area contributed by atoms with E-state index in [1.807, 2.05) is 92.1 Å². The highest BCUT2D eigenvalue weighted by Crippen LogP contribution is 2.51. The number of alkyl halides is 1. The van der Waals surface area contributed by atoms with Crippen molar-refractivity contribution in [2.24, 2.45) is 7.05 Å². The molecule has 5 aromatic carbocycles. The lowest BCUT2D eigenvalue weighted by molar-refractivity contribution is 0.401. The van der Waals surface area contributed by atoms with Gasteiger partial charge in [0.2, 0.25) is 0 Å². The number of furan rings is 1. The van der Waals surface area contributed by atoms with Crippen LogP contribution in [-0.4, -0.2) is 14.5 Å². The highest BCUT2D eigenvalue weighted by atomic mass is 19.1. The third-order valence-corrected chi connectivity index (χ3v) is 10.1. The summed E-state index contributed by atoms with van der Waals surface area (Å²) in [4.78, 5) is 9.71. The summed E-state index contributed by atoms with van der Waals surface area (Å²) in [5, 5.41) is 2.17. The Balaban J connectivity index is 1.19. The normalized spacial score (nSPS) is 16.0. The van der Waals surface area contributed by atoms with Crippen molar-refractivity contribution in [3.8, 4) is 11.4 Å². The van der Waals surface area contributed by atoms with Crippen molar-refractivity contribution in [1.82, 2.24) is 14.5 Å². The molecule has 2 unspecified atom stereocenters. The van der Waals surface area contributed by atoms with Crippen LogP contribution in [0.3, 0.4) is 0 Å². The SMILES string of the molecule is Cn1c(-c2cccc(C(F)c3ccc4c(c3)C(c3ccccn3)c3cc5c(cc3C4(C)C)oc3ccccc35)c2)nc2ccccc21. The van der Waals surface area contributed by atoms with Crippen LogP contribution in [0.1, 0.15) is 65.0 Å². The molecule has 1 aliphatic rings. The number of rotatable bonds is 4. The van der Waals surface area contributed by atoms with Gasteiger partial charge in [-0.15, -0.1) is 0 Å². The second-order valence-electron chi connectivity index (χ2n) is 13.2. The lowest BCUT2D eigenvalue weighted by Gasteiger charge is -2.39. The average Bonchev–Trinajstić information content (AvgIpc) is 3.65. The van der Waals surface area contributed by atoms with Gasteiger partial charge < -0.3 is 8.98 Å². The third kappa shape index (κ3) is 4.19. The Morgan fingerprint density at radius 1 is 0.723 bits per heavy atom. The van der Waals surface area contributed by atoms with Gasteiger partial charge >= 0.3 is 0 Å². The van der Waals surface area contributed by atoms with Crippen LogP contribution in [-0.2, 0) is 12.5 Å². The number of pyridine rings is 1. The molecule has 0 N–H and O–H groups in total. The van der Waals surface area contributed by atoms with Gasteiger partial charge in [-0.2, -0.15) is 0 Å². The predicted molar refractivity (Wildman–Crippen MR) is 187 cm³/mol. The van der Waals surface area contributed by atoms with Gasteiger partial charge in [0, 0.05) is 35.0 Å². The van der Waals surface area contributed by atoms with Crippen molar-refractivity contribution in [3.05, 3.63) is 167 Å². The maximum Gasteiger partial charge on any atom is 0.150 e. The number of imidazole rings is 1. The predicted octanol–water partition coefficient (Wildman–Crippen LogP) is 10.4. The second-order valence-corrected chi connectivity index (χ2v) is 13.2. The molecule has 0 radical (unpaired) electrons. The topological polar surface area (TPSA) is 43.9 Å². The fraction of sp³-hybridized carbons (Fsp3) is 0.143. The molecule has 0 fully saturated rings. The first-order chi connectivity index (χ1) is 22.9. The number of benzene rings is 5. The fourth-order valence-corrected chi connectivity index (χ4v) is 7.72. The van der Waals surface area contributed by atoms with Crippen LogP contribution < -0.4 is 0 Å². The molecule has 1 aliphatic carbocycles. The molecule has 3 aromatic heterocycles. The van der Waals surface area contributed by atoms with Crippen molar-refractivity contribution in [2.45, 2.75) is 31.4 Å². The van der Waals surface area contributed by atoms with Crippen molar-refractivity contribution in [1.29, 1.82) is 0 Å². The molecular formula is C42H32FN3O. The number of nitrogens with zero attached hydrogens (tertiary/aromatic N) is 3. The van der Waals surface area contributed by atoms with Crippen LogP contribution in [0.15, 0.2) is 132 Å². The molecule has 2 atom stereocenters. The molecule has 0 saturated heterocycles. The minimum atomic E-state index is -1.32. The monoisotopic (exact) mass is 613 g/mol. The van der Waals surface area contributed by atoms with E-state index in [0.29, 0.717) is 11.1 Å². The number of para-hydroxylation sites is 3. The number of aryl methyl sites for hydroxylation is 1. The first kappa shape index (κ1) is 27.7. The lowest BCUT2D eigenvalue weighted by Crippen LogP contribution is -2.30. The summed E-state index contributed by atoms with van der Waals surface area (Å²) in [6.07, 6.45) is 0.526. The van der Waals surface area contributed by atoms with Gasteiger partial charge in [0.15, 0.2) is 6.17 Å². The van der Waals surface area contributed by atoms with Crippen molar-refractivity contribution in [2.75, 3.05) is 0 Å². The zero-order valence-electron chi connectivity index (χ0n) is 26.4. The smallest absolute Gasteiger partial charge is 0.150 e. The Hall–Kier alpha value is -5.55. The summed E-state index contributed by atoms with van der Waals surface area (Å²) in [6, 6.07) is 40.6. The molecule has 0 aliphatic heterocycles. The van der Waals surface area contributed by atoms with Crippen molar-refractivity contribution >= 4 is 33.0 Å². The quantitative estimate of drug-likeness (QED) is 0.198. The van der Waals surface area contributed by atoms with E-state index in [1.54, 1.807) is 0 Å². The summed E-state index contributed by atoms with van der Waals surface area (Å²) in [6.45, 7) is 4.50. The van der Waals surface area contributed by atoms with E-state index in [1.165, 1.54) is 16.7 Å². The summed E-state index contributed by atoms with van der Waals surface area (Å²) in [5.74, 6) is 0.656. The molecule has 8 aromatic rings. The van der Waals surface area contributed by atoms with E-state index in [4.69, 9.17) is 14.4 Å². The zero-order valence-corrected chi connectivity index (χ0v) is 26.4. The molecule has 228 valence electrons. The summed E-state index contributed by atoms with van der Waals surface area (Å²) in [7, 11) is 2.01. The van der Waals surface area contributed by atoms with E-state index in [0.717, 1.165) is 55.6 Å². The molecule has 0 spiro atoms. The number of halogens is 1. The van der Waals surface area contributed by atoms with Gasteiger partial charge in [0.05, 0.1) is 22.6 Å². The van der Waals surface area contributed by atoms with E-state index in [2.05, 4.69) is 60.9 Å². The average molecular weight is 614 g/mol. The Morgan fingerprint density at radius 3 is 2.36 bits per heavy atom. The lowest BCUT2D eigenvalue weighted by atomic mass is 9.64. The van der Waals surface area contributed by atoms with Crippen LogP contribution in [0.2, 0.25) is 0 Å². The van der Waals surface area contributed by atoms with E-state index >= 15 is 4.39 Å². The summed E-state index contributed by atoms with van der Waals surface area (Å²) < 4.78 is 25.1. The highest BCUT2D eigenvalue weighted by Gasteiger charge is 2.40. The minimum absolute atomic E-state index is 0.161. The number of hydrogen-bond donors (Lipinski definition) is 0. The molecule has 47 heavy (non-hydrogen) atoms. The number of fused-ring (bicyclic) bond motifs is 6. The van der Waals surface area contributed by atoms with Crippen LogP contribution in [0.4, 0.5) is 4.39 Å². The largest absolute Gasteiger partial charge is 0.456 e. The van der Waals surface area contributed by atoms with E-state index < -0.39 is 6.17 Å². The van der Waals surface area contributed by atoms with E-state index in [-0.39, 0.29) is 11.3 Å². The maximum atomic E-state index is 16.7. The Bertz CT molecular complexity index is 2490. The first-order valence-electron chi connectivity index (χ1n) is 16.1. The Labute approximate surface area is 272 Å². The van der Waals surface area contributed by atoms with Crippen molar-refractivity contribution in [3.63, 3.8) is 0 Å². The zero-order chi connectivity index (χ0) is 31.9. The molecule has 0 saturated carbocycles. The molecule has 4 nitrogen and oxygen atoms in total. The van der Waals surface area contributed by atoms with Crippen LogP contribution >= 0.6 is 0 Å². The first-order valence-corrected chi connectivity index (χ1v) is 16.1. The highest BCUT2D eigenvalue weighted by molar-refractivity contribution is 6.05. The van der Waals surface area contributed by atoms with Gasteiger partial charge in [0.1, 0.15) is 17.0 Å². The maximum absolute atomic E-state index is 16.7. The molecule has 0 amide bonds. The van der Waals surface area contributed by atoms with Gasteiger partial charge in [-0.25, -0.2) is 9.37 Å². The fourth-order valence-electron chi connectivity index (χ4n) is 7.72. The van der Waals surface area contributed by atoms with Crippen molar-refractivity contribution < 1.29 is 8.81 Å². The van der Waals surface area contributed by atoms with Gasteiger partial charge in [-0.1, -0.05) is 86.6 Å². The second kappa shape index (κ2) is 10.2. The van der Waals surface area contributed by atoms with Gasteiger partial charge in [0.25, 0.3) is 0 Å². The summed E-state index contributed by atoms with van der Waals surface area (Å²) >= 11 is 0. The molecule has 3 heterocycles. The van der Waals surface area contributed by atoms with E-state index in [9.17, 15) is 0 Å². The summed E-state index contributed by atoms with van der Waals surface area (Å²) in [5.41, 5.74) is 11.1.